The molecule has 1 heterocycles. The Morgan fingerprint density at radius 1 is 0.703 bits per heavy atom. The predicted molar refractivity (Wildman–Crippen MR) is 144 cm³/mol. The van der Waals surface area contributed by atoms with Crippen molar-refractivity contribution in [1.82, 2.24) is 9.47 Å². The van der Waals surface area contributed by atoms with E-state index in [0.717, 1.165) is 24.2 Å². The molecular formula is C29H27BF4N2O. The van der Waals surface area contributed by atoms with Crippen LogP contribution >= 0.6 is 0 Å². The molecule has 4 aromatic carbocycles. The third-order valence-corrected chi connectivity index (χ3v) is 6.28. The molecule has 5 aromatic rings. The van der Waals surface area contributed by atoms with Gasteiger partial charge in [-0.15, -0.1) is 0 Å². The second kappa shape index (κ2) is 11.3. The predicted octanol–water partition coefficient (Wildman–Crippen LogP) is 8.69. The zero-order valence-corrected chi connectivity index (χ0v) is 20.3. The van der Waals surface area contributed by atoms with Crippen molar-refractivity contribution in [1.29, 1.82) is 0 Å². The smallest absolute Gasteiger partial charge is 0.497 e. The van der Waals surface area contributed by atoms with Crippen LogP contribution < -0.4 is 9.22 Å². The second-order valence-corrected chi connectivity index (χ2v) is 8.51. The molecule has 0 saturated carbocycles. The average Bonchev–Trinajstić information content (AvgIpc) is 3.32. The zero-order chi connectivity index (χ0) is 26.3. The van der Waals surface area contributed by atoms with Crippen LogP contribution in [-0.4, -0.2) is 25.9 Å². The highest BCUT2D eigenvalue weighted by Gasteiger charge is 2.36. The van der Waals surface area contributed by atoms with Gasteiger partial charge in [-0.3, -0.25) is 0 Å². The molecule has 3 nitrogen and oxygen atoms in total. The molecular weight excluding hydrogens is 479 g/mol. The lowest BCUT2D eigenvalue weighted by Crippen LogP contribution is -2.40. The Morgan fingerprint density at radius 2 is 1.16 bits per heavy atom. The van der Waals surface area contributed by atoms with Crippen molar-refractivity contribution in [2.45, 2.75) is 6.42 Å². The van der Waals surface area contributed by atoms with Crippen LogP contribution in [0.3, 0.4) is 0 Å². The number of nitrogens with one attached hydrogen (secondary N) is 1. The van der Waals surface area contributed by atoms with E-state index in [9.17, 15) is 17.3 Å². The summed E-state index contributed by atoms with van der Waals surface area (Å²) in [5.74, 6) is 0.883. The number of H-pyrrole nitrogens is 1. The Bertz CT molecular complexity index is 1310. The van der Waals surface area contributed by atoms with Crippen molar-refractivity contribution in [3.05, 3.63) is 121 Å². The van der Waals surface area contributed by atoms with Crippen molar-refractivity contribution in [3.63, 3.8) is 0 Å². The van der Waals surface area contributed by atoms with Crippen molar-refractivity contribution in [3.8, 4) is 5.75 Å². The van der Waals surface area contributed by atoms with Gasteiger partial charge in [0.1, 0.15) is 22.8 Å². The lowest BCUT2D eigenvalue weighted by atomic mass is 10.0. The van der Waals surface area contributed by atoms with Gasteiger partial charge in [-0.25, -0.2) is 4.48 Å². The summed E-state index contributed by atoms with van der Waals surface area (Å²) in [6.45, 7) is 0.891. The minimum atomic E-state index is -6.00. The number of halogens is 4. The maximum atomic E-state index is 9.75. The molecule has 37 heavy (non-hydrogen) atoms. The van der Waals surface area contributed by atoms with E-state index in [1.807, 2.05) is 6.07 Å². The van der Waals surface area contributed by atoms with Crippen molar-refractivity contribution < 1.29 is 22.0 Å². The number of aromatic nitrogens is 1. The molecule has 0 aliphatic rings. The first-order valence-corrected chi connectivity index (χ1v) is 11.9. The van der Waals surface area contributed by atoms with Crippen LogP contribution in [-0.2, 0) is 6.42 Å². The molecule has 8 heteroatoms. The SMILES string of the molecule is COc1ccc2[nH]cc(CC[N+](c3ccccc3)(c3ccccc3)c3ccccc3)c2c1.F[B-](F)(F)F. The van der Waals surface area contributed by atoms with E-state index >= 15 is 0 Å². The van der Waals surface area contributed by atoms with Crippen molar-refractivity contribution in [2.75, 3.05) is 13.7 Å². The third-order valence-electron chi connectivity index (χ3n) is 6.28. The van der Waals surface area contributed by atoms with E-state index < -0.39 is 7.25 Å². The fourth-order valence-corrected chi connectivity index (χ4v) is 4.66. The summed E-state index contributed by atoms with van der Waals surface area (Å²) in [4.78, 5) is 3.43. The Labute approximate surface area is 213 Å². The molecule has 0 amide bonds. The summed E-state index contributed by atoms with van der Waals surface area (Å²) in [7, 11) is -4.28. The molecule has 190 valence electrons. The highest BCUT2D eigenvalue weighted by atomic mass is 19.5. The summed E-state index contributed by atoms with van der Waals surface area (Å²) in [5.41, 5.74) is 6.19. The van der Waals surface area contributed by atoms with Crippen LogP contribution in [0.25, 0.3) is 10.9 Å². The summed E-state index contributed by atoms with van der Waals surface area (Å²) >= 11 is 0. The molecule has 0 atom stereocenters. The van der Waals surface area contributed by atoms with E-state index in [2.05, 4.69) is 114 Å². The van der Waals surface area contributed by atoms with Crippen molar-refractivity contribution >= 4 is 35.2 Å². The first kappa shape index (κ1) is 26.0. The summed E-state index contributed by atoms with van der Waals surface area (Å²) in [5, 5.41) is 1.22. The number of aromatic amines is 1. The zero-order valence-electron chi connectivity index (χ0n) is 20.3. The number of para-hydroxylation sites is 3. The van der Waals surface area contributed by atoms with Crippen LogP contribution in [0.15, 0.2) is 115 Å². The molecule has 0 fully saturated rings. The lowest BCUT2D eigenvalue weighted by Gasteiger charge is -2.37. The van der Waals surface area contributed by atoms with Crippen LogP contribution in [0.1, 0.15) is 5.56 Å². The Hall–Kier alpha value is -4.04. The topological polar surface area (TPSA) is 25.0 Å². The Balaban J connectivity index is 0.000000586. The van der Waals surface area contributed by atoms with Gasteiger partial charge < -0.3 is 27.0 Å². The Kier molecular flexibility index (Phi) is 7.99. The first-order valence-electron chi connectivity index (χ1n) is 11.9. The summed E-state index contributed by atoms with van der Waals surface area (Å²) < 4.78 is 45.1. The van der Waals surface area contributed by atoms with Crippen LogP contribution in [0.4, 0.5) is 34.3 Å². The fraction of sp³-hybridized carbons (Fsp3) is 0.103. The minimum absolute atomic E-state index is 0.652. The summed E-state index contributed by atoms with van der Waals surface area (Å²) in [6.07, 6.45) is 3.05. The quantitative estimate of drug-likeness (QED) is 0.133. The maximum absolute atomic E-state index is 9.75. The van der Waals surface area contributed by atoms with Gasteiger partial charge >= 0.3 is 7.25 Å². The van der Waals surface area contributed by atoms with Gasteiger partial charge in [0.2, 0.25) is 0 Å². The largest absolute Gasteiger partial charge is 0.673 e. The number of ether oxygens (including phenoxy) is 1. The summed E-state index contributed by atoms with van der Waals surface area (Å²) in [6, 6.07) is 38.7. The number of hydrogen-bond acceptors (Lipinski definition) is 1. The molecule has 0 saturated heterocycles. The highest BCUT2D eigenvalue weighted by molar-refractivity contribution is 6.50. The first-order chi connectivity index (χ1) is 17.8. The van der Waals surface area contributed by atoms with Gasteiger partial charge in [0.25, 0.3) is 0 Å². The highest BCUT2D eigenvalue weighted by Crippen LogP contribution is 2.44. The fourth-order valence-electron chi connectivity index (χ4n) is 4.66. The number of fused-ring (bicyclic) bond motifs is 1. The number of rotatable bonds is 7. The van der Waals surface area contributed by atoms with Gasteiger partial charge in [-0.1, -0.05) is 54.6 Å². The van der Waals surface area contributed by atoms with Crippen LogP contribution in [0.5, 0.6) is 5.75 Å². The molecule has 0 radical (unpaired) electrons. The van der Waals surface area contributed by atoms with E-state index in [-0.39, 0.29) is 0 Å². The van der Waals surface area contributed by atoms with Crippen LogP contribution in [0.2, 0.25) is 0 Å². The monoisotopic (exact) mass is 506 g/mol. The third kappa shape index (κ3) is 6.21. The van der Waals surface area contributed by atoms with E-state index in [1.165, 1.54) is 28.0 Å². The Morgan fingerprint density at radius 3 is 1.59 bits per heavy atom. The second-order valence-electron chi connectivity index (χ2n) is 8.51. The molecule has 5 rings (SSSR count). The van der Waals surface area contributed by atoms with Gasteiger partial charge in [-0.05, 0) is 60.2 Å². The number of hydrogen-bond donors (Lipinski definition) is 1. The number of nitrogens with zero attached hydrogens (tertiary/aromatic N) is 1. The molecule has 0 bridgehead atoms. The average molecular weight is 506 g/mol. The van der Waals surface area contributed by atoms with E-state index in [1.54, 1.807) is 7.11 Å². The molecule has 0 unspecified atom stereocenters. The van der Waals surface area contributed by atoms with Gasteiger partial charge in [0.15, 0.2) is 0 Å². The van der Waals surface area contributed by atoms with Crippen LogP contribution in [0, 0.1) is 0 Å². The van der Waals surface area contributed by atoms with E-state index in [0.29, 0.717) is 4.48 Å². The number of methoxy groups -OCH3 is 1. The minimum Gasteiger partial charge on any atom is -0.497 e. The van der Waals surface area contributed by atoms with Gasteiger partial charge in [0, 0.05) is 23.5 Å². The molecule has 0 spiro atoms. The molecule has 0 aliphatic carbocycles. The molecule has 1 N–H and O–H groups in total. The van der Waals surface area contributed by atoms with Gasteiger partial charge in [0.05, 0.1) is 13.7 Å². The van der Waals surface area contributed by atoms with Crippen molar-refractivity contribution in [2.24, 2.45) is 0 Å². The molecule has 1 aromatic heterocycles. The number of quaternary nitrogens is 1. The standard InChI is InChI=1S/C29H27N2O.BF4/c1-32-27-17-18-29-28(21-27)23(22-30-29)19-20-31(24-11-5-2-6-12-24,25-13-7-3-8-14-25)26-15-9-4-10-16-26;2-1(3,4)5/h2-18,21-22,30H,19-20H2,1H3;/q+1;-1. The van der Waals surface area contributed by atoms with Gasteiger partial charge in [-0.2, -0.15) is 0 Å². The van der Waals surface area contributed by atoms with E-state index in [4.69, 9.17) is 4.74 Å². The maximum Gasteiger partial charge on any atom is 0.673 e. The number of benzene rings is 4. The lowest BCUT2D eigenvalue weighted by molar-refractivity contribution is 0.368. The molecule has 0 aliphatic heterocycles. The normalized spacial score (nSPS) is 11.6.